The van der Waals surface area contributed by atoms with E-state index in [4.69, 9.17) is 0 Å². The van der Waals surface area contributed by atoms with Gasteiger partial charge in [-0.3, -0.25) is 4.79 Å². The van der Waals surface area contributed by atoms with Crippen molar-refractivity contribution >= 4 is 5.78 Å². The normalized spacial score (nSPS) is 10.7. The quantitative estimate of drug-likeness (QED) is 0.557. The molecule has 0 atom stereocenters. The van der Waals surface area contributed by atoms with Crippen LogP contribution >= 0.6 is 0 Å². The standard InChI is InChI=1S/C23H22O/c1-15-17(3)22(23(24)20-13-9-6-10-14-20)18(4)16(2)21(15)19-11-7-5-8-12-19/h5-14H,1-4H3. The lowest BCUT2D eigenvalue weighted by atomic mass is 9.83. The van der Waals surface area contributed by atoms with Crippen molar-refractivity contribution in [2.24, 2.45) is 0 Å². The van der Waals surface area contributed by atoms with Crippen LogP contribution in [0.4, 0.5) is 0 Å². The number of benzene rings is 3. The summed E-state index contributed by atoms with van der Waals surface area (Å²) >= 11 is 0. The van der Waals surface area contributed by atoms with Crippen molar-refractivity contribution in [2.45, 2.75) is 27.7 Å². The van der Waals surface area contributed by atoms with E-state index in [2.05, 4.69) is 52.0 Å². The smallest absolute Gasteiger partial charge is 0.193 e. The first-order chi connectivity index (χ1) is 11.5. The lowest BCUT2D eigenvalue weighted by molar-refractivity contribution is 0.103. The van der Waals surface area contributed by atoms with Crippen LogP contribution in [-0.4, -0.2) is 5.78 Å². The van der Waals surface area contributed by atoms with Crippen molar-refractivity contribution in [3.8, 4) is 11.1 Å². The van der Waals surface area contributed by atoms with E-state index in [1.165, 1.54) is 22.3 Å². The Morgan fingerprint density at radius 3 is 1.58 bits per heavy atom. The highest BCUT2D eigenvalue weighted by atomic mass is 16.1. The highest BCUT2D eigenvalue weighted by molar-refractivity contribution is 6.11. The Hall–Kier alpha value is -2.67. The predicted octanol–water partition coefficient (Wildman–Crippen LogP) is 5.82. The minimum Gasteiger partial charge on any atom is -0.289 e. The van der Waals surface area contributed by atoms with E-state index in [0.29, 0.717) is 0 Å². The highest BCUT2D eigenvalue weighted by Gasteiger charge is 2.21. The second-order valence-electron chi connectivity index (χ2n) is 6.31. The van der Waals surface area contributed by atoms with Crippen molar-refractivity contribution in [2.75, 3.05) is 0 Å². The van der Waals surface area contributed by atoms with Crippen LogP contribution in [0.2, 0.25) is 0 Å². The maximum atomic E-state index is 13.0. The number of carbonyl (C=O) groups is 1. The molecule has 0 unspecified atom stereocenters. The van der Waals surface area contributed by atoms with Crippen LogP contribution in [-0.2, 0) is 0 Å². The summed E-state index contributed by atoms with van der Waals surface area (Å²) in [4.78, 5) is 13.0. The summed E-state index contributed by atoms with van der Waals surface area (Å²) in [7, 11) is 0. The van der Waals surface area contributed by atoms with E-state index in [0.717, 1.165) is 22.3 Å². The van der Waals surface area contributed by atoms with Gasteiger partial charge >= 0.3 is 0 Å². The molecule has 1 nitrogen and oxygen atoms in total. The zero-order chi connectivity index (χ0) is 17.3. The third kappa shape index (κ3) is 2.67. The van der Waals surface area contributed by atoms with Crippen LogP contribution in [0.5, 0.6) is 0 Å². The van der Waals surface area contributed by atoms with Gasteiger partial charge in [-0.2, -0.15) is 0 Å². The maximum Gasteiger partial charge on any atom is 0.193 e. The van der Waals surface area contributed by atoms with Gasteiger partial charge in [-0.25, -0.2) is 0 Å². The summed E-state index contributed by atoms with van der Waals surface area (Å²) in [6, 6.07) is 19.9. The summed E-state index contributed by atoms with van der Waals surface area (Å²) in [6.45, 7) is 8.35. The molecule has 0 aromatic heterocycles. The molecule has 3 aromatic carbocycles. The topological polar surface area (TPSA) is 17.1 Å². The minimum absolute atomic E-state index is 0.108. The molecule has 0 bridgehead atoms. The molecule has 0 N–H and O–H groups in total. The van der Waals surface area contributed by atoms with Gasteiger partial charge < -0.3 is 0 Å². The van der Waals surface area contributed by atoms with E-state index < -0.39 is 0 Å². The number of ketones is 1. The lowest BCUT2D eigenvalue weighted by Gasteiger charge is -2.20. The molecule has 0 saturated heterocycles. The molecule has 0 aliphatic rings. The van der Waals surface area contributed by atoms with Crippen LogP contribution in [0.1, 0.15) is 38.2 Å². The van der Waals surface area contributed by atoms with Crippen molar-refractivity contribution in [1.29, 1.82) is 0 Å². The largest absolute Gasteiger partial charge is 0.289 e. The van der Waals surface area contributed by atoms with Crippen molar-refractivity contribution in [3.05, 3.63) is 94.0 Å². The van der Waals surface area contributed by atoms with Gasteiger partial charge in [0.1, 0.15) is 0 Å². The molecule has 1 heteroatoms. The SMILES string of the molecule is Cc1c(C)c(-c2ccccc2)c(C)c(C)c1C(=O)c1ccccc1. The van der Waals surface area contributed by atoms with Gasteiger partial charge in [0.15, 0.2) is 5.78 Å². The Morgan fingerprint density at radius 2 is 1.08 bits per heavy atom. The van der Waals surface area contributed by atoms with Gasteiger partial charge in [-0.1, -0.05) is 60.7 Å². The first kappa shape index (κ1) is 16.2. The average molecular weight is 314 g/mol. The fourth-order valence-electron chi connectivity index (χ4n) is 3.42. The average Bonchev–Trinajstić information content (AvgIpc) is 2.62. The van der Waals surface area contributed by atoms with Crippen molar-refractivity contribution in [3.63, 3.8) is 0 Å². The van der Waals surface area contributed by atoms with Gasteiger partial charge in [-0.05, 0) is 61.1 Å². The van der Waals surface area contributed by atoms with Crippen LogP contribution in [0, 0.1) is 27.7 Å². The monoisotopic (exact) mass is 314 g/mol. The molecule has 0 heterocycles. The van der Waals surface area contributed by atoms with E-state index in [-0.39, 0.29) is 5.78 Å². The predicted molar refractivity (Wildman–Crippen MR) is 101 cm³/mol. The fraction of sp³-hybridized carbons (Fsp3) is 0.174. The first-order valence-corrected chi connectivity index (χ1v) is 8.28. The molecule has 3 rings (SSSR count). The molecular weight excluding hydrogens is 292 g/mol. The zero-order valence-electron chi connectivity index (χ0n) is 14.7. The Morgan fingerprint density at radius 1 is 0.625 bits per heavy atom. The molecule has 24 heavy (non-hydrogen) atoms. The van der Waals surface area contributed by atoms with Gasteiger partial charge in [0, 0.05) is 11.1 Å². The van der Waals surface area contributed by atoms with Gasteiger partial charge in [0.05, 0.1) is 0 Å². The number of hydrogen-bond acceptors (Lipinski definition) is 1. The molecule has 0 spiro atoms. The van der Waals surface area contributed by atoms with E-state index in [9.17, 15) is 4.79 Å². The van der Waals surface area contributed by atoms with Crippen LogP contribution in [0.15, 0.2) is 60.7 Å². The number of carbonyl (C=O) groups excluding carboxylic acids is 1. The first-order valence-electron chi connectivity index (χ1n) is 8.28. The molecule has 0 amide bonds. The van der Waals surface area contributed by atoms with E-state index in [1.54, 1.807) is 0 Å². The minimum atomic E-state index is 0.108. The summed E-state index contributed by atoms with van der Waals surface area (Å²) in [6.07, 6.45) is 0. The number of rotatable bonds is 3. The molecular formula is C23H22O. The summed E-state index contributed by atoms with van der Waals surface area (Å²) in [5.41, 5.74) is 8.56. The Balaban J connectivity index is 2.23. The second kappa shape index (κ2) is 6.45. The molecule has 3 aromatic rings. The van der Waals surface area contributed by atoms with Crippen LogP contribution in [0.3, 0.4) is 0 Å². The Bertz CT molecular complexity index is 861. The third-order valence-corrected chi connectivity index (χ3v) is 4.95. The molecule has 0 aliphatic heterocycles. The molecule has 120 valence electrons. The summed E-state index contributed by atoms with van der Waals surface area (Å²) < 4.78 is 0. The Labute approximate surface area is 144 Å². The third-order valence-electron chi connectivity index (χ3n) is 4.95. The maximum absolute atomic E-state index is 13.0. The highest BCUT2D eigenvalue weighted by Crippen LogP contribution is 2.35. The van der Waals surface area contributed by atoms with Crippen LogP contribution < -0.4 is 0 Å². The summed E-state index contributed by atoms with van der Waals surface area (Å²) in [5, 5.41) is 0. The van der Waals surface area contributed by atoms with E-state index >= 15 is 0 Å². The second-order valence-corrected chi connectivity index (χ2v) is 6.31. The Kier molecular flexibility index (Phi) is 4.35. The fourth-order valence-corrected chi connectivity index (χ4v) is 3.42. The summed E-state index contributed by atoms with van der Waals surface area (Å²) in [5.74, 6) is 0.108. The van der Waals surface area contributed by atoms with Gasteiger partial charge in [0.25, 0.3) is 0 Å². The molecule has 0 saturated carbocycles. The van der Waals surface area contributed by atoms with Crippen molar-refractivity contribution < 1.29 is 4.79 Å². The molecule has 0 fully saturated rings. The number of hydrogen-bond donors (Lipinski definition) is 0. The van der Waals surface area contributed by atoms with Gasteiger partial charge in [0.2, 0.25) is 0 Å². The zero-order valence-corrected chi connectivity index (χ0v) is 14.7. The molecule has 0 radical (unpaired) electrons. The van der Waals surface area contributed by atoms with Crippen molar-refractivity contribution in [1.82, 2.24) is 0 Å². The molecule has 0 aliphatic carbocycles. The van der Waals surface area contributed by atoms with Gasteiger partial charge in [-0.15, -0.1) is 0 Å². The lowest BCUT2D eigenvalue weighted by Crippen LogP contribution is -2.10. The van der Waals surface area contributed by atoms with Crippen LogP contribution in [0.25, 0.3) is 11.1 Å². The van der Waals surface area contributed by atoms with E-state index in [1.807, 2.05) is 36.4 Å².